The van der Waals surface area contributed by atoms with E-state index in [1.54, 1.807) is 0 Å². The number of carbonyl (C=O) groups is 1. The highest BCUT2D eigenvalue weighted by molar-refractivity contribution is 7.89. The number of benzene rings is 2. The summed E-state index contributed by atoms with van der Waals surface area (Å²) in [5.74, 6) is 0.644. The second kappa shape index (κ2) is 9.86. The molecule has 178 valence electrons. The summed E-state index contributed by atoms with van der Waals surface area (Å²) in [6.07, 6.45) is -0.697. The average Bonchev–Trinajstić information content (AvgIpc) is 2.78. The molecule has 2 N–H and O–H groups in total. The number of sulfonamides is 1. The lowest BCUT2D eigenvalue weighted by Gasteiger charge is -2.35. The van der Waals surface area contributed by atoms with Crippen molar-refractivity contribution in [2.24, 2.45) is 0 Å². The molecule has 0 radical (unpaired) electrons. The third-order valence-electron chi connectivity index (χ3n) is 5.55. The SMILES string of the molecule is Cc1ccc(OC[C@H](O)CN2CCN(S(=O)(=O)c3cc4c(cc3Cl)NC(=O)CO4)CC2)cc1. The van der Waals surface area contributed by atoms with Crippen LogP contribution in [0.4, 0.5) is 5.69 Å². The Kier molecular flexibility index (Phi) is 7.10. The van der Waals surface area contributed by atoms with E-state index in [0.29, 0.717) is 31.1 Å². The highest BCUT2D eigenvalue weighted by atomic mass is 35.5. The molecule has 0 saturated carbocycles. The van der Waals surface area contributed by atoms with Crippen molar-refractivity contribution in [2.45, 2.75) is 17.9 Å². The summed E-state index contributed by atoms with van der Waals surface area (Å²) >= 11 is 6.23. The normalized spacial score (nSPS) is 18.2. The standard InChI is InChI=1S/C22H26ClN3O6S/c1-15-2-4-17(5-3-15)31-13-16(27)12-25-6-8-26(9-7-25)33(29,30)21-11-20-19(10-18(21)23)24-22(28)14-32-20/h2-5,10-11,16,27H,6-9,12-14H2,1H3,(H,24,28)/t16-/m1/s1. The minimum Gasteiger partial charge on any atom is -0.491 e. The zero-order valence-corrected chi connectivity index (χ0v) is 19.7. The summed E-state index contributed by atoms with van der Waals surface area (Å²) in [6.45, 7) is 3.81. The van der Waals surface area contributed by atoms with E-state index in [4.69, 9.17) is 21.1 Å². The molecule has 1 saturated heterocycles. The van der Waals surface area contributed by atoms with Gasteiger partial charge in [0.2, 0.25) is 10.0 Å². The average molecular weight is 496 g/mol. The maximum Gasteiger partial charge on any atom is 0.262 e. The molecule has 1 fully saturated rings. The van der Waals surface area contributed by atoms with Crippen LogP contribution in [0.25, 0.3) is 0 Å². The van der Waals surface area contributed by atoms with Gasteiger partial charge < -0.3 is 19.9 Å². The predicted molar refractivity (Wildman–Crippen MR) is 123 cm³/mol. The van der Waals surface area contributed by atoms with E-state index in [0.717, 1.165) is 5.56 Å². The zero-order valence-electron chi connectivity index (χ0n) is 18.2. The van der Waals surface area contributed by atoms with Crippen molar-refractivity contribution >= 4 is 33.2 Å². The van der Waals surface area contributed by atoms with Crippen molar-refractivity contribution < 1.29 is 27.8 Å². The second-order valence-corrected chi connectivity index (χ2v) is 10.4. The van der Waals surface area contributed by atoms with Crippen LogP contribution in [0.5, 0.6) is 11.5 Å². The molecule has 33 heavy (non-hydrogen) atoms. The summed E-state index contributed by atoms with van der Waals surface area (Å²) in [5.41, 5.74) is 1.48. The highest BCUT2D eigenvalue weighted by Gasteiger charge is 2.32. The molecule has 4 rings (SSSR count). The van der Waals surface area contributed by atoms with Crippen molar-refractivity contribution in [3.8, 4) is 11.5 Å². The number of hydrogen-bond donors (Lipinski definition) is 2. The van der Waals surface area contributed by atoms with Crippen LogP contribution in [-0.4, -0.2) is 80.7 Å². The smallest absolute Gasteiger partial charge is 0.262 e. The lowest BCUT2D eigenvalue weighted by Crippen LogP contribution is -2.50. The van der Waals surface area contributed by atoms with E-state index in [2.05, 4.69) is 5.32 Å². The highest BCUT2D eigenvalue weighted by Crippen LogP contribution is 2.37. The largest absolute Gasteiger partial charge is 0.491 e. The second-order valence-electron chi connectivity index (χ2n) is 8.10. The predicted octanol–water partition coefficient (Wildman–Crippen LogP) is 1.73. The Morgan fingerprint density at radius 1 is 1.18 bits per heavy atom. The van der Waals surface area contributed by atoms with Crippen LogP contribution in [0.15, 0.2) is 41.3 Å². The molecule has 2 aromatic rings. The maximum absolute atomic E-state index is 13.2. The number of piperazine rings is 1. The van der Waals surface area contributed by atoms with E-state index in [1.165, 1.54) is 16.4 Å². The molecule has 1 atom stereocenters. The fourth-order valence-electron chi connectivity index (χ4n) is 3.75. The van der Waals surface area contributed by atoms with E-state index in [-0.39, 0.29) is 47.9 Å². The van der Waals surface area contributed by atoms with Crippen molar-refractivity contribution in [1.82, 2.24) is 9.21 Å². The lowest BCUT2D eigenvalue weighted by atomic mass is 10.2. The van der Waals surface area contributed by atoms with Crippen molar-refractivity contribution in [1.29, 1.82) is 0 Å². The van der Waals surface area contributed by atoms with E-state index >= 15 is 0 Å². The van der Waals surface area contributed by atoms with Crippen LogP contribution >= 0.6 is 11.6 Å². The number of amides is 1. The molecule has 11 heteroatoms. The number of aliphatic hydroxyl groups excluding tert-OH is 1. The van der Waals surface area contributed by atoms with E-state index in [1.807, 2.05) is 36.1 Å². The summed E-state index contributed by atoms with van der Waals surface area (Å²) in [5, 5.41) is 13.0. The van der Waals surface area contributed by atoms with Crippen molar-refractivity contribution in [3.63, 3.8) is 0 Å². The summed E-state index contributed by atoms with van der Waals surface area (Å²) in [4.78, 5) is 13.4. The van der Waals surface area contributed by atoms with Gasteiger partial charge >= 0.3 is 0 Å². The van der Waals surface area contributed by atoms with E-state index in [9.17, 15) is 18.3 Å². The molecule has 2 heterocycles. The Labute approximate surface area is 197 Å². The Morgan fingerprint density at radius 3 is 2.58 bits per heavy atom. The summed E-state index contributed by atoms with van der Waals surface area (Å²) < 4.78 is 38.7. The van der Waals surface area contributed by atoms with Gasteiger partial charge in [-0.3, -0.25) is 9.69 Å². The number of aliphatic hydroxyl groups is 1. The molecule has 1 amide bonds. The minimum atomic E-state index is -3.85. The topological polar surface area (TPSA) is 108 Å². The third kappa shape index (κ3) is 5.59. The number of ether oxygens (including phenoxy) is 2. The van der Waals surface area contributed by atoms with Gasteiger partial charge in [-0.05, 0) is 25.1 Å². The number of β-amino-alcohol motifs (C(OH)–C–C–N with tert-alkyl or cyclic N) is 1. The first-order valence-electron chi connectivity index (χ1n) is 10.6. The number of rotatable bonds is 7. The molecule has 2 aliphatic heterocycles. The minimum absolute atomic E-state index is 0.0191. The molecule has 0 aliphatic carbocycles. The number of fused-ring (bicyclic) bond motifs is 1. The quantitative estimate of drug-likeness (QED) is 0.602. The Bertz CT molecular complexity index is 1120. The third-order valence-corrected chi connectivity index (χ3v) is 7.91. The van der Waals surface area contributed by atoms with Crippen LogP contribution in [0.2, 0.25) is 5.02 Å². The summed E-state index contributed by atoms with van der Waals surface area (Å²) in [6, 6.07) is 10.3. The van der Waals surface area contributed by atoms with Crippen LogP contribution in [0, 0.1) is 6.92 Å². The molecule has 0 spiro atoms. The number of hydrogen-bond acceptors (Lipinski definition) is 7. The lowest BCUT2D eigenvalue weighted by molar-refractivity contribution is -0.118. The number of carbonyl (C=O) groups excluding carboxylic acids is 1. The first-order valence-corrected chi connectivity index (χ1v) is 12.4. The van der Waals surface area contributed by atoms with Crippen LogP contribution in [0.3, 0.4) is 0 Å². The monoisotopic (exact) mass is 495 g/mol. The number of nitrogens with one attached hydrogen (secondary N) is 1. The van der Waals surface area contributed by atoms with Gasteiger partial charge in [-0.15, -0.1) is 0 Å². The first-order chi connectivity index (χ1) is 15.7. The van der Waals surface area contributed by atoms with Gasteiger partial charge in [-0.25, -0.2) is 8.42 Å². The fraction of sp³-hybridized carbons (Fsp3) is 0.409. The number of halogens is 1. The Morgan fingerprint density at radius 2 is 1.88 bits per heavy atom. The van der Waals surface area contributed by atoms with Gasteiger partial charge in [0.25, 0.3) is 5.91 Å². The maximum atomic E-state index is 13.2. The van der Waals surface area contributed by atoms with Crippen molar-refractivity contribution in [2.75, 3.05) is 51.3 Å². The van der Waals surface area contributed by atoms with Crippen LogP contribution < -0.4 is 14.8 Å². The molecular weight excluding hydrogens is 470 g/mol. The molecule has 9 nitrogen and oxygen atoms in total. The molecular formula is C22H26ClN3O6S. The summed E-state index contributed by atoms with van der Waals surface area (Å²) in [7, 11) is -3.85. The number of nitrogens with zero attached hydrogens (tertiary/aromatic N) is 2. The van der Waals surface area contributed by atoms with Crippen LogP contribution in [0.1, 0.15) is 5.56 Å². The zero-order chi connectivity index (χ0) is 23.6. The van der Waals surface area contributed by atoms with Crippen molar-refractivity contribution in [3.05, 3.63) is 47.0 Å². The van der Waals surface area contributed by atoms with Gasteiger partial charge in [0.1, 0.15) is 29.1 Å². The van der Waals surface area contributed by atoms with Gasteiger partial charge in [-0.2, -0.15) is 4.31 Å². The molecule has 2 aromatic carbocycles. The molecule has 0 aromatic heterocycles. The van der Waals surface area contributed by atoms with E-state index < -0.39 is 16.1 Å². The molecule has 0 unspecified atom stereocenters. The number of aryl methyl sites for hydroxylation is 1. The van der Waals surface area contributed by atoms with Gasteiger partial charge in [0, 0.05) is 38.8 Å². The molecule has 2 aliphatic rings. The van der Waals surface area contributed by atoms with Gasteiger partial charge in [-0.1, -0.05) is 29.3 Å². The molecule has 0 bridgehead atoms. The Balaban J connectivity index is 1.32. The van der Waals surface area contributed by atoms with Gasteiger partial charge in [0.05, 0.1) is 10.7 Å². The first kappa shape index (κ1) is 23.8. The van der Waals surface area contributed by atoms with Gasteiger partial charge in [0.15, 0.2) is 6.61 Å². The number of anilines is 1. The van der Waals surface area contributed by atoms with Crippen LogP contribution in [-0.2, 0) is 14.8 Å². The fourth-order valence-corrected chi connectivity index (χ4v) is 5.69. The Hall–Kier alpha value is -2.37.